The standard InChI is InChI=1S/C21H23N3O3S/c1-13-4-6-16(7-5-13)17-11-28-20-19(17)21(26)24(12-22-20)10-18(25)23-8-14(2)27-15(3)9-23/h4-7,11-12,14-15H,8-10H2,1-3H3. The highest BCUT2D eigenvalue weighted by atomic mass is 32.1. The SMILES string of the molecule is Cc1ccc(-c2csc3ncn(CC(=O)N4CC(C)OC(C)C4)c(=O)c23)cc1. The summed E-state index contributed by atoms with van der Waals surface area (Å²) in [6.07, 6.45) is 1.47. The fourth-order valence-corrected chi connectivity index (χ4v) is 4.56. The number of hydrogen-bond acceptors (Lipinski definition) is 5. The van der Waals surface area contributed by atoms with E-state index in [1.165, 1.54) is 27.8 Å². The highest BCUT2D eigenvalue weighted by molar-refractivity contribution is 7.17. The smallest absolute Gasteiger partial charge is 0.263 e. The van der Waals surface area contributed by atoms with Crippen molar-refractivity contribution in [3.05, 3.63) is 51.9 Å². The number of amides is 1. The van der Waals surface area contributed by atoms with Gasteiger partial charge in [-0.1, -0.05) is 29.8 Å². The van der Waals surface area contributed by atoms with Crippen LogP contribution in [0.1, 0.15) is 19.4 Å². The summed E-state index contributed by atoms with van der Waals surface area (Å²) in [5.74, 6) is -0.0858. The number of benzene rings is 1. The number of morpholine rings is 1. The first-order valence-electron chi connectivity index (χ1n) is 9.39. The zero-order chi connectivity index (χ0) is 19.8. The van der Waals surface area contributed by atoms with Crippen LogP contribution < -0.4 is 5.56 Å². The van der Waals surface area contributed by atoms with Crippen molar-refractivity contribution in [3.8, 4) is 11.1 Å². The van der Waals surface area contributed by atoms with E-state index in [4.69, 9.17) is 4.74 Å². The molecule has 2 aromatic heterocycles. The summed E-state index contributed by atoms with van der Waals surface area (Å²) in [6.45, 7) is 7.01. The van der Waals surface area contributed by atoms with Crippen molar-refractivity contribution in [1.82, 2.24) is 14.5 Å². The molecule has 0 N–H and O–H groups in total. The van der Waals surface area contributed by atoms with Crippen LogP contribution in [0.2, 0.25) is 0 Å². The lowest BCUT2D eigenvalue weighted by Crippen LogP contribution is -2.49. The second-order valence-electron chi connectivity index (χ2n) is 7.43. The summed E-state index contributed by atoms with van der Waals surface area (Å²) in [6, 6.07) is 8.07. The summed E-state index contributed by atoms with van der Waals surface area (Å²) >= 11 is 1.45. The van der Waals surface area contributed by atoms with Crippen LogP contribution in [0.5, 0.6) is 0 Å². The van der Waals surface area contributed by atoms with Crippen LogP contribution in [0.25, 0.3) is 21.3 Å². The van der Waals surface area contributed by atoms with Gasteiger partial charge in [-0.05, 0) is 26.3 Å². The van der Waals surface area contributed by atoms with Gasteiger partial charge < -0.3 is 9.64 Å². The zero-order valence-corrected chi connectivity index (χ0v) is 17.0. The summed E-state index contributed by atoms with van der Waals surface area (Å²) in [5, 5.41) is 2.54. The molecule has 1 aliphatic heterocycles. The van der Waals surface area contributed by atoms with E-state index < -0.39 is 0 Å². The van der Waals surface area contributed by atoms with Crippen LogP contribution in [-0.4, -0.2) is 45.7 Å². The molecular weight excluding hydrogens is 374 g/mol. The predicted molar refractivity (Wildman–Crippen MR) is 111 cm³/mol. The maximum absolute atomic E-state index is 13.1. The zero-order valence-electron chi connectivity index (χ0n) is 16.2. The molecule has 4 rings (SSSR count). The van der Waals surface area contributed by atoms with E-state index in [-0.39, 0.29) is 30.2 Å². The van der Waals surface area contributed by atoms with Crippen LogP contribution in [0, 0.1) is 6.92 Å². The van der Waals surface area contributed by atoms with E-state index in [1.807, 2.05) is 50.4 Å². The van der Waals surface area contributed by atoms with Gasteiger partial charge in [0.25, 0.3) is 5.56 Å². The Hall–Kier alpha value is -2.51. The van der Waals surface area contributed by atoms with Gasteiger partial charge in [-0.25, -0.2) is 4.98 Å². The molecule has 0 saturated carbocycles. The van der Waals surface area contributed by atoms with Crippen molar-refractivity contribution in [2.24, 2.45) is 0 Å². The van der Waals surface area contributed by atoms with Crippen LogP contribution in [0.15, 0.2) is 40.8 Å². The highest BCUT2D eigenvalue weighted by Gasteiger charge is 2.26. The number of nitrogens with zero attached hydrogens (tertiary/aromatic N) is 3. The topological polar surface area (TPSA) is 64.4 Å². The average Bonchev–Trinajstić information content (AvgIpc) is 3.08. The molecule has 2 unspecified atom stereocenters. The summed E-state index contributed by atoms with van der Waals surface area (Å²) in [4.78, 5) is 32.8. The number of rotatable bonds is 3. The molecule has 28 heavy (non-hydrogen) atoms. The van der Waals surface area contributed by atoms with Gasteiger partial charge in [-0.15, -0.1) is 11.3 Å². The minimum Gasteiger partial charge on any atom is -0.372 e. The van der Waals surface area contributed by atoms with Crippen molar-refractivity contribution in [2.75, 3.05) is 13.1 Å². The van der Waals surface area contributed by atoms with Gasteiger partial charge in [0, 0.05) is 24.0 Å². The second kappa shape index (κ2) is 7.48. The molecule has 1 aromatic carbocycles. The molecule has 2 atom stereocenters. The Bertz CT molecular complexity index is 1060. The lowest BCUT2D eigenvalue weighted by molar-refractivity contribution is -0.143. The van der Waals surface area contributed by atoms with Crippen LogP contribution in [0.3, 0.4) is 0 Å². The maximum Gasteiger partial charge on any atom is 0.263 e. The molecule has 146 valence electrons. The number of carbonyl (C=O) groups excluding carboxylic acids is 1. The number of carbonyl (C=O) groups is 1. The molecular formula is C21H23N3O3S. The van der Waals surface area contributed by atoms with Gasteiger partial charge in [0.15, 0.2) is 0 Å². The molecule has 1 amide bonds. The summed E-state index contributed by atoms with van der Waals surface area (Å²) in [7, 11) is 0. The van der Waals surface area contributed by atoms with E-state index in [9.17, 15) is 9.59 Å². The van der Waals surface area contributed by atoms with E-state index in [0.29, 0.717) is 23.3 Å². The third-order valence-corrected chi connectivity index (χ3v) is 5.89. The first kappa shape index (κ1) is 18.8. The Morgan fingerprint density at radius 1 is 1.21 bits per heavy atom. The molecule has 1 fully saturated rings. The maximum atomic E-state index is 13.1. The van der Waals surface area contributed by atoms with Crippen LogP contribution >= 0.6 is 11.3 Å². The number of fused-ring (bicyclic) bond motifs is 1. The Morgan fingerprint density at radius 2 is 1.89 bits per heavy atom. The molecule has 0 radical (unpaired) electrons. The van der Waals surface area contributed by atoms with Gasteiger partial charge in [-0.3, -0.25) is 14.2 Å². The summed E-state index contributed by atoms with van der Waals surface area (Å²) in [5.41, 5.74) is 2.84. The van der Waals surface area contributed by atoms with Crippen LogP contribution in [0.4, 0.5) is 0 Å². The van der Waals surface area contributed by atoms with Crippen molar-refractivity contribution >= 4 is 27.5 Å². The molecule has 6 nitrogen and oxygen atoms in total. The Morgan fingerprint density at radius 3 is 2.57 bits per heavy atom. The number of aryl methyl sites for hydroxylation is 1. The minimum absolute atomic E-state index is 0.00459. The third-order valence-electron chi connectivity index (χ3n) is 5.00. The van der Waals surface area contributed by atoms with Gasteiger partial charge in [-0.2, -0.15) is 0 Å². The summed E-state index contributed by atoms with van der Waals surface area (Å²) < 4.78 is 7.10. The number of aromatic nitrogens is 2. The van der Waals surface area contributed by atoms with Crippen molar-refractivity contribution < 1.29 is 9.53 Å². The number of hydrogen-bond donors (Lipinski definition) is 0. The Labute approximate surface area is 167 Å². The van der Waals surface area contributed by atoms with Gasteiger partial charge in [0.2, 0.25) is 5.91 Å². The lowest BCUT2D eigenvalue weighted by atomic mass is 10.1. The normalized spacial score (nSPS) is 19.9. The van der Waals surface area contributed by atoms with E-state index in [0.717, 1.165) is 11.1 Å². The Kier molecular flexibility index (Phi) is 5.03. The predicted octanol–water partition coefficient (Wildman–Crippen LogP) is 3.07. The lowest BCUT2D eigenvalue weighted by Gasteiger charge is -2.35. The van der Waals surface area contributed by atoms with Crippen LogP contribution in [-0.2, 0) is 16.1 Å². The van der Waals surface area contributed by atoms with Gasteiger partial charge >= 0.3 is 0 Å². The average molecular weight is 398 g/mol. The molecule has 1 saturated heterocycles. The van der Waals surface area contributed by atoms with Crippen molar-refractivity contribution in [2.45, 2.75) is 39.5 Å². The largest absolute Gasteiger partial charge is 0.372 e. The minimum atomic E-state index is -0.176. The number of thiophene rings is 1. The highest BCUT2D eigenvalue weighted by Crippen LogP contribution is 2.30. The molecule has 7 heteroatoms. The van der Waals surface area contributed by atoms with E-state index in [2.05, 4.69) is 4.98 Å². The second-order valence-corrected chi connectivity index (χ2v) is 8.29. The first-order chi connectivity index (χ1) is 13.4. The third kappa shape index (κ3) is 3.59. The molecule has 0 spiro atoms. The molecule has 0 bridgehead atoms. The fraction of sp³-hybridized carbons (Fsp3) is 0.381. The van der Waals surface area contributed by atoms with E-state index >= 15 is 0 Å². The molecule has 3 heterocycles. The van der Waals surface area contributed by atoms with Crippen molar-refractivity contribution in [3.63, 3.8) is 0 Å². The first-order valence-corrected chi connectivity index (χ1v) is 10.3. The quantitative estimate of drug-likeness (QED) is 0.681. The van der Waals surface area contributed by atoms with Gasteiger partial charge in [0.05, 0.1) is 23.9 Å². The molecule has 3 aromatic rings. The van der Waals surface area contributed by atoms with E-state index in [1.54, 1.807) is 4.90 Å². The molecule has 1 aliphatic rings. The number of ether oxygens (including phenoxy) is 1. The Balaban J connectivity index is 1.66. The fourth-order valence-electron chi connectivity index (χ4n) is 3.65. The molecule has 0 aliphatic carbocycles. The van der Waals surface area contributed by atoms with Crippen molar-refractivity contribution in [1.29, 1.82) is 0 Å². The monoisotopic (exact) mass is 397 g/mol. The van der Waals surface area contributed by atoms with Gasteiger partial charge in [0.1, 0.15) is 11.4 Å².